The summed E-state index contributed by atoms with van der Waals surface area (Å²) in [6.45, 7) is 0. The van der Waals surface area contributed by atoms with E-state index in [1.807, 2.05) is 47.8 Å². The molecule has 0 saturated carbocycles. The molecule has 2 heterocycles. The molecule has 4 aromatic rings. The van der Waals surface area contributed by atoms with Gasteiger partial charge in [-0.25, -0.2) is 4.98 Å². The number of nitrogens with two attached hydrogens (primary N) is 1. The first-order valence-electron chi connectivity index (χ1n) is 7.06. The lowest BCUT2D eigenvalue weighted by molar-refractivity contribution is 0.620. The van der Waals surface area contributed by atoms with E-state index in [0.29, 0.717) is 27.6 Å². The van der Waals surface area contributed by atoms with Gasteiger partial charge in [0.15, 0.2) is 10.6 Å². The number of nitrogens with zero attached hydrogens (tertiary/aromatic N) is 1. The molecular formula is C18H12N2O2S. The second-order valence-corrected chi connectivity index (χ2v) is 5.98. The fourth-order valence-electron chi connectivity index (χ4n) is 2.53. The Balaban J connectivity index is 2.02. The summed E-state index contributed by atoms with van der Waals surface area (Å²) in [6.07, 6.45) is 0. The Morgan fingerprint density at radius 1 is 1.04 bits per heavy atom. The summed E-state index contributed by atoms with van der Waals surface area (Å²) in [5.74, 6) is 0.541. The second kappa shape index (κ2) is 5.37. The largest absolute Gasteiger partial charge is 0.455 e. The van der Waals surface area contributed by atoms with Crippen molar-refractivity contribution in [2.75, 3.05) is 5.73 Å². The molecule has 2 N–H and O–H groups in total. The lowest BCUT2D eigenvalue weighted by atomic mass is 10.1. The third-order valence-electron chi connectivity index (χ3n) is 3.61. The van der Waals surface area contributed by atoms with Gasteiger partial charge in [0.05, 0.1) is 11.1 Å². The van der Waals surface area contributed by atoms with Crippen LogP contribution in [0, 0.1) is 0 Å². The highest BCUT2D eigenvalue weighted by atomic mass is 32.1. The van der Waals surface area contributed by atoms with E-state index in [1.54, 1.807) is 6.07 Å². The van der Waals surface area contributed by atoms with Gasteiger partial charge in [-0.2, -0.15) is 0 Å². The van der Waals surface area contributed by atoms with Gasteiger partial charge in [-0.05, 0) is 12.1 Å². The number of hydrogen-bond acceptors (Lipinski definition) is 5. The van der Waals surface area contributed by atoms with Gasteiger partial charge >= 0.3 is 0 Å². The number of nitrogen functional groups attached to an aromatic ring is 1. The zero-order valence-corrected chi connectivity index (χ0v) is 12.8. The highest BCUT2D eigenvalue weighted by Crippen LogP contribution is 2.31. The van der Waals surface area contributed by atoms with Crippen molar-refractivity contribution in [2.24, 2.45) is 0 Å². The van der Waals surface area contributed by atoms with Crippen LogP contribution in [0.1, 0.15) is 0 Å². The third kappa shape index (κ3) is 2.41. The summed E-state index contributed by atoms with van der Waals surface area (Å²) in [6, 6.07) is 16.6. The first kappa shape index (κ1) is 13.7. The van der Waals surface area contributed by atoms with Crippen LogP contribution in [-0.2, 0) is 0 Å². The molecule has 0 aliphatic rings. The van der Waals surface area contributed by atoms with E-state index in [-0.39, 0.29) is 5.43 Å². The highest BCUT2D eigenvalue weighted by Gasteiger charge is 2.13. The van der Waals surface area contributed by atoms with Crippen LogP contribution in [-0.4, -0.2) is 4.98 Å². The lowest BCUT2D eigenvalue weighted by Gasteiger charge is -2.06. The van der Waals surface area contributed by atoms with Crippen molar-refractivity contribution in [1.29, 1.82) is 0 Å². The fourth-order valence-corrected chi connectivity index (χ4v) is 3.10. The van der Waals surface area contributed by atoms with Crippen LogP contribution in [0.15, 0.2) is 69.2 Å². The smallest absolute Gasteiger partial charge is 0.193 e. The van der Waals surface area contributed by atoms with E-state index >= 15 is 0 Å². The van der Waals surface area contributed by atoms with Crippen LogP contribution >= 0.6 is 11.3 Å². The van der Waals surface area contributed by atoms with Crippen LogP contribution in [0.3, 0.4) is 0 Å². The van der Waals surface area contributed by atoms with Crippen molar-refractivity contribution in [3.8, 4) is 22.6 Å². The minimum Gasteiger partial charge on any atom is -0.455 e. The standard InChI is InChI=1S/C18H12N2O2S/c19-18-20-14(10-23-18)12-7-4-8-13-15(21)9-16(22-17(12)13)11-5-2-1-3-6-11/h1-10H,(H2,19,20). The summed E-state index contributed by atoms with van der Waals surface area (Å²) in [5, 5.41) is 2.88. The Labute approximate surface area is 135 Å². The maximum absolute atomic E-state index is 12.5. The summed E-state index contributed by atoms with van der Waals surface area (Å²) < 4.78 is 6.05. The summed E-state index contributed by atoms with van der Waals surface area (Å²) in [7, 11) is 0. The van der Waals surface area contributed by atoms with E-state index < -0.39 is 0 Å². The van der Waals surface area contributed by atoms with Gasteiger partial charge in [-0.15, -0.1) is 11.3 Å². The Kier molecular flexibility index (Phi) is 3.20. The van der Waals surface area contributed by atoms with Gasteiger partial charge in [-0.1, -0.05) is 36.4 Å². The number of anilines is 1. The Bertz CT molecular complexity index is 1050. The number of fused-ring (bicyclic) bond motifs is 1. The van der Waals surface area contributed by atoms with E-state index in [0.717, 1.165) is 11.1 Å². The SMILES string of the molecule is Nc1nc(-c2cccc3c(=O)cc(-c4ccccc4)oc23)cs1. The molecule has 4 rings (SSSR count). The van der Waals surface area contributed by atoms with Gasteiger partial charge in [0, 0.05) is 22.6 Å². The van der Waals surface area contributed by atoms with Crippen LogP contribution < -0.4 is 11.2 Å². The molecule has 4 nitrogen and oxygen atoms in total. The minimum absolute atomic E-state index is 0.0739. The number of para-hydroxylation sites is 1. The molecule has 0 bridgehead atoms. The third-order valence-corrected chi connectivity index (χ3v) is 4.28. The van der Waals surface area contributed by atoms with E-state index in [2.05, 4.69) is 4.98 Å². The number of thiazole rings is 1. The van der Waals surface area contributed by atoms with Crippen LogP contribution in [0.25, 0.3) is 33.6 Å². The van der Waals surface area contributed by atoms with Gasteiger partial charge in [0.1, 0.15) is 11.3 Å². The maximum atomic E-state index is 12.5. The van der Waals surface area contributed by atoms with Crippen molar-refractivity contribution < 1.29 is 4.42 Å². The van der Waals surface area contributed by atoms with Crippen molar-refractivity contribution in [3.05, 3.63) is 70.2 Å². The van der Waals surface area contributed by atoms with Crippen LogP contribution in [0.5, 0.6) is 0 Å². The number of hydrogen-bond donors (Lipinski definition) is 1. The van der Waals surface area contributed by atoms with Crippen molar-refractivity contribution in [1.82, 2.24) is 4.98 Å². The van der Waals surface area contributed by atoms with Crippen LogP contribution in [0.2, 0.25) is 0 Å². The molecule has 0 amide bonds. The molecule has 5 heteroatoms. The fraction of sp³-hybridized carbons (Fsp3) is 0. The minimum atomic E-state index is -0.0739. The number of rotatable bonds is 2. The van der Waals surface area contributed by atoms with Crippen LogP contribution in [0.4, 0.5) is 5.13 Å². The van der Waals surface area contributed by atoms with Gasteiger partial charge in [0.25, 0.3) is 0 Å². The quantitative estimate of drug-likeness (QED) is 0.602. The second-order valence-electron chi connectivity index (χ2n) is 5.09. The van der Waals surface area contributed by atoms with Crippen molar-refractivity contribution in [3.63, 3.8) is 0 Å². The maximum Gasteiger partial charge on any atom is 0.193 e. The molecular weight excluding hydrogens is 308 g/mol. The van der Waals surface area contributed by atoms with Gasteiger partial charge in [-0.3, -0.25) is 4.79 Å². The van der Waals surface area contributed by atoms with E-state index in [9.17, 15) is 4.79 Å². The molecule has 23 heavy (non-hydrogen) atoms. The highest BCUT2D eigenvalue weighted by molar-refractivity contribution is 7.13. The van der Waals surface area contributed by atoms with Crippen molar-refractivity contribution in [2.45, 2.75) is 0 Å². The zero-order valence-electron chi connectivity index (χ0n) is 12.0. The average Bonchev–Trinajstić information content (AvgIpc) is 3.01. The molecule has 0 aliphatic carbocycles. The van der Waals surface area contributed by atoms with Gasteiger partial charge < -0.3 is 10.2 Å². The normalized spacial score (nSPS) is 11.0. The molecule has 2 aromatic heterocycles. The average molecular weight is 320 g/mol. The molecule has 0 spiro atoms. The number of benzene rings is 2. The monoisotopic (exact) mass is 320 g/mol. The summed E-state index contributed by atoms with van der Waals surface area (Å²) in [5.41, 5.74) is 8.53. The molecule has 112 valence electrons. The first-order chi connectivity index (χ1) is 11.2. The molecule has 0 atom stereocenters. The Hall–Kier alpha value is -2.92. The number of aromatic nitrogens is 1. The zero-order chi connectivity index (χ0) is 15.8. The summed E-state index contributed by atoms with van der Waals surface area (Å²) in [4.78, 5) is 16.8. The molecule has 0 fully saturated rings. The Morgan fingerprint density at radius 3 is 2.61 bits per heavy atom. The van der Waals surface area contributed by atoms with E-state index in [4.69, 9.17) is 10.2 Å². The summed E-state index contributed by atoms with van der Waals surface area (Å²) >= 11 is 1.36. The van der Waals surface area contributed by atoms with E-state index in [1.165, 1.54) is 17.4 Å². The molecule has 0 radical (unpaired) electrons. The lowest BCUT2D eigenvalue weighted by Crippen LogP contribution is -2.01. The predicted molar refractivity (Wildman–Crippen MR) is 93.4 cm³/mol. The first-order valence-corrected chi connectivity index (χ1v) is 7.94. The predicted octanol–water partition coefficient (Wildman–Crippen LogP) is 4.17. The Morgan fingerprint density at radius 2 is 1.87 bits per heavy atom. The molecule has 2 aromatic carbocycles. The topological polar surface area (TPSA) is 69.1 Å². The molecule has 0 unspecified atom stereocenters. The van der Waals surface area contributed by atoms with Gasteiger partial charge in [0.2, 0.25) is 0 Å². The molecule has 0 saturated heterocycles. The van der Waals surface area contributed by atoms with Crippen molar-refractivity contribution >= 4 is 27.4 Å². The molecule has 0 aliphatic heterocycles.